The lowest BCUT2D eigenvalue weighted by atomic mass is 10.4. The molecular formula is C6H6BrNOS. The summed E-state index contributed by atoms with van der Waals surface area (Å²) in [5.41, 5.74) is 0.880. The molecule has 0 bridgehead atoms. The number of halogens is 1. The predicted octanol–water partition coefficient (Wildman–Crippen LogP) is 1.91. The molecule has 0 spiro atoms. The second-order valence-electron chi connectivity index (χ2n) is 1.61. The Bertz CT molecular complexity index is 233. The smallest absolute Gasteiger partial charge is 0.159 e. The second-order valence-corrected chi connectivity index (χ2v) is 3.74. The van der Waals surface area contributed by atoms with Crippen molar-refractivity contribution < 1.29 is 5.11 Å². The number of hydrogen-bond donors (Lipinski definition) is 1. The van der Waals surface area contributed by atoms with Gasteiger partial charge in [-0.15, -0.1) is 11.3 Å². The Labute approximate surface area is 71.4 Å². The van der Waals surface area contributed by atoms with E-state index in [0.29, 0.717) is 0 Å². The molecule has 1 N–H and O–H groups in total. The van der Waals surface area contributed by atoms with Crippen LogP contribution in [0.15, 0.2) is 15.4 Å². The first-order valence-electron chi connectivity index (χ1n) is 2.71. The fourth-order valence-corrected chi connectivity index (χ4v) is 1.51. The molecule has 0 saturated heterocycles. The number of rotatable bonds is 2. The number of aliphatic hydroxyl groups is 1. The zero-order valence-corrected chi connectivity index (χ0v) is 7.52. The zero-order chi connectivity index (χ0) is 7.40. The Balaban J connectivity index is 2.67. The lowest BCUT2D eigenvalue weighted by Crippen LogP contribution is -1.72. The van der Waals surface area contributed by atoms with Crippen molar-refractivity contribution in [2.45, 2.75) is 0 Å². The van der Waals surface area contributed by atoms with Gasteiger partial charge in [-0.05, 0) is 22.0 Å². The van der Waals surface area contributed by atoms with Gasteiger partial charge in [-0.1, -0.05) is 6.08 Å². The van der Waals surface area contributed by atoms with Crippen LogP contribution in [0.2, 0.25) is 0 Å². The topological polar surface area (TPSA) is 33.1 Å². The van der Waals surface area contributed by atoms with Gasteiger partial charge in [0.05, 0.1) is 12.3 Å². The number of aliphatic hydroxyl groups excluding tert-OH is 1. The van der Waals surface area contributed by atoms with E-state index in [2.05, 4.69) is 20.9 Å². The molecular weight excluding hydrogens is 214 g/mol. The third-order valence-electron chi connectivity index (χ3n) is 0.888. The summed E-state index contributed by atoms with van der Waals surface area (Å²) in [7, 11) is 0. The maximum absolute atomic E-state index is 8.41. The number of aromatic nitrogens is 1. The molecule has 0 aliphatic heterocycles. The van der Waals surface area contributed by atoms with Crippen LogP contribution in [-0.2, 0) is 0 Å². The molecule has 0 saturated carbocycles. The van der Waals surface area contributed by atoms with Crippen molar-refractivity contribution in [2.24, 2.45) is 0 Å². The first-order chi connectivity index (χ1) is 4.83. The highest BCUT2D eigenvalue weighted by Crippen LogP contribution is 2.16. The van der Waals surface area contributed by atoms with Gasteiger partial charge in [0.2, 0.25) is 0 Å². The minimum Gasteiger partial charge on any atom is -0.392 e. The summed E-state index contributed by atoms with van der Waals surface area (Å²) >= 11 is 4.76. The number of thiazole rings is 1. The molecule has 54 valence electrons. The molecule has 0 atom stereocenters. The maximum Gasteiger partial charge on any atom is 0.159 e. The van der Waals surface area contributed by atoms with Gasteiger partial charge in [0.1, 0.15) is 0 Å². The SMILES string of the molecule is OCC=Cc1csc(Br)n1. The average Bonchev–Trinajstić information content (AvgIpc) is 2.31. The van der Waals surface area contributed by atoms with Gasteiger partial charge in [-0.3, -0.25) is 0 Å². The normalized spacial score (nSPS) is 11.0. The summed E-state index contributed by atoms with van der Waals surface area (Å²) in [5.74, 6) is 0. The van der Waals surface area contributed by atoms with Crippen LogP contribution in [0.25, 0.3) is 6.08 Å². The Kier molecular flexibility index (Phi) is 3.05. The molecule has 1 aromatic heterocycles. The molecule has 0 unspecified atom stereocenters. The van der Waals surface area contributed by atoms with Crippen LogP contribution in [0.4, 0.5) is 0 Å². The van der Waals surface area contributed by atoms with Crippen molar-refractivity contribution in [1.29, 1.82) is 0 Å². The summed E-state index contributed by atoms with van der Waals surface area (Å²) in [6, 6.07) is 0. The lowest BCUT2D eigenvalue weighted by molar-refractivity contribution is 0.343. The average molecular weight is 220 g/mol. The van der Waals surface area contributed by atoms with Crippen LogP contribution < -0.4 is 0 Å². The van der Waals surface area contributed by atoms with Crippen molar-refractivity contribution in [2.75, 3.05) is 6.61 Å². The molecule has 1 heterocycles. The van der Waals surface area contributed by atoms with Crippen LogP contribution in [0.3, 0.4) is 0 Å². The quantitative estimate of drug-likeness (QED) is 0.825. The van der Waals surface area contributed by atoms with Gasteiger partial charge in [-0.2, -0.15) is 0 Å². The minimum atomic E-state index is 0.0646. The van der Waals surface area contributed by atoms with Gasteiger partial charge in [-0.25, -0.2) is 4.98 Å². The van der Waals surface area contributed by atoms with E-state index in [-0.39, 0.29) is 6.61 Å². The molecule has 0 aliphatic rings. The summed E-state index contributed by atoms with van der Waals surface area (Å²) in [4.78, 5) is 4.09. The third-order valence-corrected chi connectivity index (χ3v) is 2.27. The van der Waals surface area contributed by atoms with Crippen molar-refractivity contribution in [3.63, 3.8) is 0 Å². The summed E-state index contributed by atoms with van der Waals surface area (Å²) < 4.78 is 0.866. The van der Waals surface area contributed by atoms with Crippen LogP contribution in [0.1, 0.15) is 5.69 Å². The third kappa shape index (κ3) is 2.21. The molecule has 0 aromatic carbocycles. The van der Waals surface area contributed by atoms with Crippen molar-refractivity contribution in [1.82, 2.24) is 4.98 Å². The van der Waals surface area contributed by atoms with Crippen molar-refractivity contribution in [3.8, 4) is 0 Å². The molecule has 10 heavy (non-hydrogen) atoms. The first-order valence-corrected chi connectivity index (χ1v) is 4.38. The molecule has 4 heteroatoms. The van der Waals surface area contributed by atoms with E-state index in [9.17, 15) is 0 Å². The monoisotopic (exact) mass is 219 g/mol. The largest absolute Gasteiger partial charge is 0.392 e. The fourth-order valence-electron chi connectivity index (χ4n) is 0.513. The van der Waals surface area contributed by atoms with E-state index in [4.69, 9.17) is 5.11 Å². The van der Waals surface area contributed by atoms with E-state index in [1.54, 1.807) is 12.2 Å². The predicted molar refractivity (Wildman–Crippen MR) is 45.9 cm³/mol. The van der Waals surface area contributed by atoms with Crippen molar-refractivity contribution in [3.05, 3.63) is 21.1 Å². The van der Waals surface area contributed by atoms with Crippen LogP contribution in [0, 0.1) is 0 Å². The van der Waals surface area contributed by atoms with E-state index < -0.39 is 0 Å². The lowest BCUT2D eigenvalue weighted by Gasteiger charge is -1.78. The molecule has 0 amide bonds. The van der Waals surface area contributed by atoms with Gasteiger partial charge in [0, 0.05) is 5.38 Å². The van der Waals surface area contributed by atoms with Gasteiger partial charge in [0.15, 0.2) is 3.92 Å². The zero-order valence-electron chi connectivity index (χ0n) is 5.12. The standard InChI is InChI=1S/C6H6BrNOS/c7-6-8-5(4-10-6)2-1-3-9/h1-2,4,9H,3H2. The van der Waals surface area contributed by atoms with Crippen LogP contribution >= 0.6 is 27.3 Å². The number of hydrogen-bond acceptors (Lipinski definition) is 3. The fraction of sp³-hybridized carbons (Fsp3) is 0.167. The van der Waals surface area contributed by atoms with E-state index in [1.807, 2.05) is 5.38 Å². The maximum atomic E-state index is 8.41. The van der Waals surface area contributed by atoms with Crippen LogP contribution in [0.5, 0.6) is 0 Å². The van der Waals surface area contributed by atoms with Crippen LogP contribution in [-0.4, -0.2) is 16.7 Å². The van der Waals surface area contributed by atoms with E-state index in [0.717, 1.165) is 9.61 Å². The summed E-state index contributed by atoms with van der Waals surface area (Å²) in [6.45, 7) is 0.0646. The van der Waals surface area contributed by atoms with E-state index in [1.165, 1.54) is 11.3 Å². The molecule has 0 fully saturated rings. The van der Waals surface area contributed by atoms with Crippen molar-refractivity contribution >= 4 is 33.3 Å². The molecule has 1 rings (SSSR count). The highest BCUT2D eigenvalue weighted by Gasteiger charge is 1.91. The highest BCUT2D eigenvalue weighted by atomic mass is 79.9. The second kappa shape index (κ2) is 3.85. The first kappa shape index (κ1) is 7.91. The number of nitrogens with zero attached hydrogens (tertiary/aromatic N) is 1. The summed E-state index contributed by atoms with van der Waals surface area (Å²) in [6.07, 6.45) is 3.43. The highest BCUT2D eigenvalue weighted by molar-refractivity contribution is 9.11. The Morgan fingerprint density at radius 2 is 2.60 bits per heavy atom. The Morgan fingerprint density at radius 1 is 1.80 bits per heavy atom. The van der Waals surface area contributed by atoms with Gasteiger partial charge < -0.3 is 5.11 Å². The molecule has 0 aliphatic carbocycles. The molecule has 0 radical (unpaired) electrons. The van der Waals surface area contributed by atoms with E-state index >= 15 is 0 Å². The summed E-state index contributed by atoms with van der Waals surface area (Å²) in [5, 5.41) is 10.3. The molecule has 1 aromatic rings. The molecule has 2 nitrogen and oxygen atoms in total. The van der Waals surface area contributed by atoms with Gasteiger partial charge in [0.25, 0.3) is 0 Å². The Morgan fingerprint density at radius 3 is 3.10 bits per heavy atom. The van der Waals surface area contributed by atoms with Gasteiger partial charge >= 0.3 is 0 Å². The Hall–Kier alpha value is -0.190. The minimum absolute atomic E-state index is 0.0646.